The largest absolute Gasteiger partial charge is 0.491 e. The molecule has 0 unspecified atom stereocenters. The van der Waals surface area contributed by atoms with Crippen molar-refractivity contribution >= 4 is 11.8 Å². The highest BCUT2D eigenvalue weighted by Crippen LogP contribution is 2.33. The number of carbonyl (C=O) groups is 2. The van der Waals surface area contributed by atoms with Crippen LogP contribution in [-0.4, -0.2) is 45.9 Å². The van der Waals surface area contributed by atoms with E-state index in [2.05, 4.69) is 0 Å². The van der Waals surface area contributed by atoms with E-state index >= 15 is 0 Å². The summed E-state index contributed by atoms with van der Waals surface area (Å²) in [5, 5.41) is 28.9. The standard InChI is InChI=1S/C22H28O6/c23-16(15-28-17-8-4-3-5-9-17)12-13-19-18(20(24)14-21(19)25)10-6-1-2-7-11-22(26)27/h1,3-6,8-9,12-13,16,18-19,21,23,25H,2,7,10-11,14-15H2,(H,26,27)/b6-1-,13-12+/t16-,18+,19+,21+/m0/s1. The number of rotatable bonds is 11. The molecule has 0 heterocycles. The quantitative estimate of drug-likeness (QED) is 0.398. The first-order valence-electron chi connectivity index (χ1n) is 9.59. The maximum atomic E-state index is 12.2. The van der Waals surface area contributed by atoms with Crippen LogP contribution in [0.5, 0.6) is 5.75 Å². The van der Waals surface area contributed by atoms with Gasteiger partial charge in [-0.25, -0.2) is 0 Å². The summed E-state index contributed by atoms with van der Waals surface area (Å²) in [7, 11) is 0. The fraction of sp³-hybridized carbons (Fsp3) is 0.455. The normalized spacial score (nSPS) is 23.5. The zero-order valence-corrected chi connectivity index (χ0v) is 15.8. The van der Waals surface area contributed by atoms with Gasteiger partial charge in [0.1, 0.15) is 24.2 Å². The zero-order chi connectivity index (χ0) is 20.4. The number of carboxylic acids is 1. The maximum absolute atomic E-state index is 12.2. The molecule has 1 aromatic rings. The number of Topliss-reactive ketones (excluding diaryl/α,β-unsaturated/α-hetero) is 1. The van der Waals surface area contributed by atoms with Gasteiger partial charge in [0.05, 0.1) is 6.10 Å². The molecule has 152 valence electrons. The summed E-state index contributed by atoms with van der Waals surface area (Å²) in [6.45, 7) is 0.0887. The van der Waals surface area contributed by atoms with Crippen molar-refractivity contribution in [2.45, 2.75) is 44.3 Å². The Morgan fingerprint density at radius 3 is 2.71 bits per heavy atom. The summed E-state index contributed by atoms with van der Waals surface area (Å²) in [6.07, 6.45) is 7.37. The van der Waals surface area contributed by atoms with Gasteiger partial charge in [-0.3, -0.25) is 9.59 Å². The fourth-order valence-corrected chi connectivity index (χ4v) is 3.27. The number of unbranched alkanes of at least 4 members (excludes halogenated alkanes) is 1. The van der Waals surface area contributed by atoms with Crippen LogP contribution in [0.3, 0.4) is 0 Å². The second kappa shape index (κ2) is 11.4. The van der Waals surface area contributed by atoms with Crippen LogP contribution in [-0.2, 0) is 9.59 Å². The van der Waals surface area contributed by atoms with Crippen LogP contribution in [0.15, 0.2) is 54.6 Å². The highest BCUT2D eigenvalue weighted by molar-refractivity contribution is 5.84. The van der Waals surface area contributed by atoms with Crippen LogP contribution in [0.25, 0.3) is 0 Å². The maximum Gasteiger partial charge on any atom is 0.303 e. The smallest absolute Gasteiger partial charge is 0.303 e. The molecule has 0 saturated heterocycles. The fourth-order valence-electron chi connectivity index (χ4n) is 3.27. The summed E-state index contributed by atoms with van der Waals surface area (Å²) < 4.78 is 5.49. The minimum atomic E-state index is -0.838. The van der Waals surface area contributed by atoms with Gasteiger partial charge in [0.2, 0.25) is 0 Å². The number of allylic oxidation sites excluding steroid dienone is 2. The van der Waals surface area contributed by atoms with E-state index in [-0.39, 0.29) is 37.1 Å². The number of hydrogen-bond donors (Lipinski definition) is 3. The third kappa shape index (κ3) is 7.29. The highest BCUT2D eigenvalue weighted by Gasteiger charge is 2.39. The Morgan fingerprint density at radius 2 is 2.00 bits per heavy atom. The number of para-hydroxylation sites is 1. The van der Waals surface area contributed by atoms with Crippen LogP contribution in [0.4, 0.5) is 0 Å². The minimum absolute atomic E-state index is 0.00682. The number of hydrogen-bond acceptors (Lipinski definition) is 5. The van der Waals surface area contributed by atoms with E-state index in [0.29, 0.717) is 25.0 Å². The molecular formula is C22H28O6. The molecule has 1 saturated carbocycles. The van der Waals surface area contributed by atoms with Crippen molar-refractivity contribution in [1.29, 1.82) is 0 Å². The lowest BCUT2D eigenvalue weighted by atomic mass is 9.90. The predicted octanol–water partition coefficient (Wildman–Crippen LogP) is 2.75. The zero-order valence-electron chi connectivity index (χ0n) is 15.8. The lowest BCUT2D eigenvalue weighted by molar-refractivity contribution is -0.137. The third-order valence-corrected chi connectivity index (χ3v) is 4.77. The first-order valence-corrected chi connectivity index (χ1v) is 9.59. The lowest BCUT2D eigenvalue weighted by Gasteiger charge is -2.17. The number of aliphatic hydroxyl groups is 2. The molecule has 0 bridgehead atoms. The molecule has 6 nitrogen and oxygen atoms in total. The van der Waals surface area contributed by atoms with Gasteiger partial charge in [-0.2, -0.15) is 0 Å². The van der Waals surface area contributed by atoms with Gasteiger partial charge < -0.3 is 20.1 Å². The van der Waals surface area contributed by atoms with E-state index in [1.807, 2.05) is 30.4 Å². The molecule has 0 radical (unpaired) electrons. The first kappa shape index (κ1) is 21.9. The SMILES string of the molecule is O=C(O)CCC/C=C\C[C@H]1C(=O)C[C@@H](O)[C@@H]1/C=C/[C@H](O)COc1ccccc1. The molecule has 1 fully saturated rings. The Bertz CT molecular complexity index is 682. The number of carbonyl (C=O) groups excluding carboxylic acids is 1. The Labute approximate surface area is 165 Å². The van der Waals surface area contributed by atoms with E-state index < -0.39 is 18.2 Å². The van der Waals surface area contributed by atoms with Crippen LogP contribution >= 0.6 is 0 Å². The van der Waals surface area contributed by atoms with E-state index in [0.717, 1.165) is 0 Å². The van der Waals surface area contributed by atoms with Gasteiger partial charge in [-0.1, -0.05) is 42.5 Å². The minimum Gasteiger partial charge on any atom is -0.491 e. The van der Waals surface area contributed by atoms with Crippen molar-refractivity contribution < 1.29 is 29.6 Å². The van der Waals surface area contributed by atoms with Crippen molar-refractivity contribution in [3.8, 4) is 5.75 Å². The molecule has 2 rings (SSSR count). The molecule has 3 N–H and O–H groups in total. The van der Waals surface area contributed by atoms with Crippen molar-refractivity contribution in [3.05, 3.63) is 54.6 Å². The Kier molecular flexibility index (Phi) is 8.91. The van der Waals surface area contributed by atoms with Crippen molar-refractivity contribution in [3.63, 3.8) is 0 Å². The second-order valence-electron chi connectivity index (χ2n) is 6.99. The number of ketones is 1. The van der Waals surface area contributed by atoms with Gasteiger partial charge in [0, 0.05) is 24.7 Å². The molecule has 6 heteroatoms. The molecule has 1 aromatic carbocycles. The van der Waals surface area contributed by atoms with Crippen LogP contribution in [0.1, 0.15) is 32.1 Å². The number of benzene rings is 1. The summed E-state index contributed by atoms with van der Waals surface area (Å²) in [5.74, 6) is -0.821. The van der Waals surface area contributed by atoms with Gasteiger partial charge in [0.15, 0.2) is 0 Å². The first-order chi connectivity index (χ1) is 13.5. The molecule has 0 aliphatic heterocycles. The van der Waals surface area contributed by atoms with E-state index in [9.17, 15) is 19.8 Å². The van der Waals surface area contributed by atoms with Gasteiger partial charge >= 0.3 is 5.97 Å². The monoisotopic (exact) mass is 388 g/mol. The number of aliphatic carboxylic acids is 1. The molecule has 28 heavy (non-hydrogen) atoms. The number of ether oxygens (including phenoxy) is 1. The summed E-state index contributed by atoms with van der Waals surface area (Å²) in [5.41, 5.74) is 0. The molecule has 0 aromatic heterocycles. The van der Waals surface area contributed by atoms with E-state index in [1.165, 1.54) is 0 Å². The molecule has 1 aliphatic carbocycles. The Balaban J connectivity index is 1.82. The van der Waals surface area contributed by atoms with Crippen LogP contribution < -0.4 is 4.74 Å². The highest BCUT2D eigenvalue weighted by atomic mass is 16.5. The van der Waals surface area contributed by atoms with Gasteiger partial charge in [-0.15, -0.1) is 0 Å². The van der Waals surface area contributed by atoms with Gasteiger partial charge in [0.25, 0.3) is 0 Å². The van der Waals surface area contributed by atoms with Crippen molar-refractivity contribution in [1.82, 2.24) is 0 Å². The molecule has 0 amide bonds. The molecule has 4 atom stereocenters. The number of aliphatic hydroxyl groups excluding tert-OH is 2. The van der Waals surface area contributed by atoms with Crippen molar-refractivity contribution in [2.75, 3.05) is 6.61 Å². The summed E-state index contributed by atoms with van der Waals surface area (Å²) in [6, 6.07) is 9.17. The molecule has 0 spiro atoms. The Hall–Kier alpha value is -2.44. The summed E-state index contributed by atoms with van der Waals surface area (Å²) >= 11 is 0. The molecular weight excluding hydrogens is 360 g/mol. The average Bonchev–Trinajstić information content (AvgIpc) is 2.94. The molecule has 1 aliphatic rings. The van der Waals surface area contributed by atoms with E-state index in [4.69, 9.17) is 9.84 Å². The second-order valence-corrected chi connectivity index (χ2v) is 6.99. The van der Waals surface area contributed by atoms with Gasteiger partial charge in [-0.05, 0) is 31.4 Å². The van der Waals surface area contributed by atoms with Crippen molar-refractivity contribution in [2.24, 2.45) is 11.8 Å². The Morgan fingerprint density at radius 1 is 1.25 bits per heavy atom. The van der Waals surface area contributed by atoms with Crippen LogP contribution in [0, 0.1) is 11.8 Å². The van der Waals surface area contributed by atoms with E-state index in [1.54, 1.807) is 24.3 Å². The average molecular weight is 388 g/mol. The summed E-state index contributed by atoms with van der Waals surface area (Å²) in [4.78, 5) is 22.7. The topological polar surface area (TPSA) is 104 Å². The third-order valence-electron chi connectivity index (χ3n) is 4.77. The lowest BCUT2D eigenvalue weighted by Crippen LogP contribution is -2.20. The van der Waals surface area contributed by atoms with Crippen LogP contribution in [0.2, 0.25) is 0 Å². The predicted molar refractivity (Wildman–Crippen MR) is 105 cm³/mol. The number of carboxylic acid groups (broad SMARTS) is 1.